The second-order valence-electron chi connectivity index (χ2n) is 8.25. The van der Waals surface area contributed by atoms with Gasteiger partial charge in [-0.1, -0.05) is 26.0 Å². The lowest BCUT2D eigenvalue weighted by molar-refractivity contribution is -0.117. The Hall–Kier alpha value is -2.18. The normalized spacial score (nSPS) is 19.3. The summed E-state index contributed by atoms with van der Waals surface area (Å²) in [5, 5.41) is 3.06. The second kappa shape index (κ2) is 10.6. The van der Waals surface area contributed by atoms with Crippen LogP contribution in [0.4, 0.5) is 5.69 Å². The number of benzene rings is 1. The van der Waals surface area contributed by atoms with E-state index in [0.29, 0.717) is 24.9 Å². The lowest BCUT2D eigenvalue weighted by atomic mass is 10.0. The van der Waals surface area contributed by atoms with E-state index in [1.54, 1.807) is 6.08 Å². The van der Waals surface area contributed by atoms with Crippen molar-refractivity contribution in [2.24, 2.45) is 5.92 Å². The molecule has 1 aromatic rings. The zero-order chi connectivity index (χ0) is 20.6. The van der Waals surface area contributed by atoms with Crippen molar-refractivity contribution in [2.75, 3.05) is 44.3 Å². The van der Waals surface area contributed by atoms with E-state index in [4.69, 9.17) is 4.74 Å². The summed E-state index contributed by atoms with van der Waals surface area (Å²) in [6, 6.07) is 8.11. The van der Waals surface area contributed by atoms with Gasteiger partial charge in [0, 0.05) is 50.4 Å². The van der Waals surface area contributed by atoms with Crippen molar-refractivity contribution in [2.45, 2.75) is 39.2 Å². The van der Waals surface area contributed by atoms with Crippen LogP contribution in [0.1, 0.15) is 38.7 Å². The first-order valence-corrected chi connectivity index (χ1v) is 10.7. The molecule has 1 aromatic carbocycles. The summed E-state index contributed by atoms with van der Waals surface area (Å²) in [5.74, 6) is 0.686. The molecule has 0 spiro atoms. The summed E-state index contributed by atoms with van der Waals surface area (Å²) in [7, 11) is 0. The van der Waals surface area contributed by atoms with E-state index in [2.05, 4.69) is 24.1 Å². The second-order valence-corrected chi connectivity index (χ2v) is 8.25. The third-order valence-corrected chi connectivity index (χ3v) is 5.52. The van der Waals surface area contributed by atoms with Gasteiger partial charge >= 0.3 is 0 Å². The first-order valence-electron chi connectivity index (χ1n) is 10.7. The van der Waals surface area contributed by atoms with Crippen LogP contribution in [-0.4, -0.2) is 62.1 Å². The predicted molar refractivity (Wildman–Crippen MR) is 116 cm³/mol. The number of morpholine rings is 1. The molecule has 158 valence electrons. The van der Waals surface area contributed by atoms with Crippen molar-refractivity contribution >= 4 is 23.6 Å². The van der Waals surface area contributed by atoms with Gasteiger partial charge in [0.1, 0.15) is 0 Å². The number of nitrogens with zero attached hydrogens (tertiary/aromatic N) is 2. The Kier molecular flexibility index (Phi) is 7.83. The van der Waals surface area contributed by atoms with E-state index in [1.807, 2.05) is 35.2 Å². The molecular weight excluding hydrogens is 366 g/mol. The topological polar surface area (TPSA) is 61.9 Å². The minimum absolute atomic E-state index is 0.0780. The van der Waals surface area contributed by atoms with Gasteiger partial charge in [0.2, 0.25) is 11.8 Å². The predicted octanol–water partition coefficient (Wildman–Crippen LogP) is 2.69. The molecule has 2 saturated heterocycles. The Balaban J connectivity index is 1.50. The molecule has 2 heterocycles. The van der Waals surface area contributed by atoms with Crippen molar-refractivity contribution in [3.8, 4) is 0 Å². The Labute approximate surface area is 173 Å². The number of carbonyl (C=O) groups is 2. The van der Waals surface area contributed by atoms with Crippen molar-refractivity contribution in [1.29, 1.82) is 0 Å². The molecule has 0 aliphatic carbocycles. The van der Waals surface area contributed by atoms with Crippen molar-refractivity contribution in [3.05, 3.63) is 35.9 Å². The van der Waals surface area contributed by atoms with E-state index in [1.165, 1.54) is 0 Å². The quantitative estimate of drug-likeness (QED) is 0.683. The molecule has 6 heteroatoms. The largest absolute Gasteiger partial charge is 0.379 e. The number of ether oxygens (including phenoxy) is 1. The zero-order valence-electron chi connectivity index (χ0n) is 17.6. The highest BCUT2D eigenvalue weighted by Crippen LogP contribution is 2.22. The van der Waals surface area contributed by atoms with E-state index in [9.17, 15) is 9.59 Å². The van der Waals surface area contributed by atoms with E-state index >= 15 is 0 Å². The number of hydrogen-bond acceptors (Lipinski definition) is 4. The average molecular weight is 400 g/mol. The Morgan fingerprint density at radius 2 is 1.90 bits per heavy atom. The van der Waals surface area contributed by atoms with Gasteiger partial charge in [0.15, 0.2) is 0 Å². The smallest absolute Gasteiger partial charge is 0.244 e. The number of rotatable bonds is 8. The molecule has 0 bridgehead atoms. The summed E-state index contributed by atoms with van der Waals surface area (Å²) in [5.41, 5.74) is 1.87. The minimum Gasteiger partial charge on any atom is -0.379 e. The molecular formula is C23H33N3O3. The van der Waals surface area contributed by atoms with E-state index < -0.39 is 0 Å². The standard InChI is InChI=1S/C23H33N3O3/c1-18(2)16-21(25-12-14-29-15-13-25)17-24-22(27)10-7-19-5-8-20(9-6-19)26-11-3-4-23(26)28/h5-10,18,21H,3-4,11-17H2,1-2H3,(H,24,27)/b10-7+. The van der Waals surface area contributed by atoms with Gasteiger partial charge in [-0.15, -0.1) is 0 Å². The van der Waals surface area contributed by atoms with Crippen LogP contribution in [0.15, 0.2) is 30.3 Å². The summed E-state index contributed by atoms with van der Waals surface area (Å²) >= 11 is 0. The maximum atomic E-state index is 12.3. The van der Waals surface area contributed by atoms with Gasteiger partial charge in [0.05, 0.1) is 13.2 Å². The molecule has 1 atom stereocenters. The van der Waals surface area contributed by atoms with Crippen molar-refractivity contribution in [3.63, 3.8) is 0 Å². The first-order chi connectivity index (χ1) is 14.0. The fourth-order valence-corrected chi connectivity index (χ4v) is 3.98. The van der Waals surface area contributed by atoms with Crippen LogP contribution >= 0.6 is 0 Å². The average Bonchev–Trinajstić information content (AvgIpc) is 3.16. The maximum Gasteiger partial charge on any atom is 0.244 e. The fraction of sp³-hybridized carbons (Fsp3) is 0.565. The third kappa shape index (κ3) is 6.41. The van der Waals surface area contributed by atoms with E-state index in [0.717, 1.165) is 56.9 Å². The van der Waals surface area contributed by atoms with Crippen LogP contribution in [-0.2, 0) is 14.3 Å². The highest BCUT2D eigenvalue weighted by molar-refractivity contribution is 5.95. The summed E-state index contributed by atoms with van der Waals surface area (Å²) in [6.07, 6.45) is 6.01. The molecule has 2 amide bonds. The molecule has 0 radical (unpaired) electrons. The van der Waals surface area contributed by atoms with Crippen LogP contribution in [0, 0.1) is 5.92 Å². The highest BCUT2D eigenvalue weighted by Gasteiger charge is 2.22. The minimum atomic E-state index is -0.0780. The van der Waals surface area contributed by atoms with Gasteiger partial charge < -0.3 is 15.0 Å². The fourth-order valence-electron chi connectivity index (χ4n) is 3.98. The van der Waals surface area contributed by atoms with Gasteiger partial charge in [-0.25, -0.2) is 0 Å². The Bertz CT molecular complexity index is 709. The molecule has 1 unspecified atom stereocenters. The monoisotopic (exact) mass is 399 g/mol. The SMILES string of the molecule is CC(C)CC(CNC(=O)/C=C/c1ccc(N2CCCC2=O)cc1)N1CCOCC1. The molecule has 2 aliphatic heterocycles. The van der Waals surface area contributed by atoms with Crippen LogP contribution < -0.4 is 10.2 Å². The number of hydrogen-bond donors (Lipinski definition) is 1. The summed E-state index contributed by atoms with van der Waals surface area (Å²) < 4.78 is 5.45. The van der Waals surface area contributed by atoms with Crippen LogP contribution in [0.2, 0.25) is 0 Å². The molecule has 1 N–H and O–H groups in total. The van der Waals surface area contributed by atoms with Gasteiger partial charge in [-0.2, -0.15) is 0 Å². The molecule has 0 aromatic heterocycles. The summed E-state index contributed by atoms with van der Waals surface area (Å²) in [4.78, 5) is 28.4. The number of amides is 2. The van der Waals surface area contributed by atoms with Crippen LogP contribution in [0.5, 0.6) is 0 Å². The Morgan fingerprint density at radius 3 is 2.52 bits per heavy atom. The Morgan fingerprint density at radius 1 is 1.17 bits per heavy atom. The van der Waals surface area contributed by atoms with Gasteiger partial charge in [-0.3, -0.25) is 14.5 Å². The molecule has 0 saturated carbocycles. The molecule has 2 fully saturated rings. The number of nitrogens with one attached hydrogen (secondary N) is 1. The molecule has 2 aliphatic rings. The third-order valence-electron chi connectivity index (χ3n) is 5.52. The number of anilines is 1. The summed E-state index contributed by atoms with van der Waals surface area (Å²) in [6.45, 7) is 9.25. The van der Waals surface area contributed by atoms with Crippen molar-refractivity contribution < 1.29 is 14.3 Å². The highest BCUT2D eigenvalue weighted by atomic mass is 16.5. The molecule has 6 nitrogen and oxygen atoms in total. The van der Waals surface area contributed by atoms with Crippen LogP contribution in [0.25, 0.3) is 6.08 Å². The van der Waals surface area contributed by atoms with Crippen molar-refractivity contribution in [1.82, 2.24) is 10.2 Å². The lowest BCUT2D eigenvalue weighted by Gasteiger charge is -2.35. The first kappa shape index (κ1) is 21.5. The van der Waals surface area contributed by atoms with Gasteiger partial charge in [-0.05, 0) is 42.5 Å². The lowest BCUT2D eigenvalue weighted by Crippen LogP contribution is -2.49. The van der Waals surface area contributed by atoms with Gasteiger partial charge in [0.25, 0.3) is 0 Å². The van der Waals surface area contributed by atoms with Crippen LogP contribution in [0.3, 0.4) is 0 Å². The molecule has 3 rings (SSSR count). The number of carbonyl (C=O) groups excluding carboxylic acids is 2. The zero-order valence-corrected chi connectivity index (χ0v) is 17.6. The maximum absolute atomic E-state index is 12.3. The molecule has 29 heavy (non-hydrogen) atoms. The van der Waals surface area contributed by atoms with E-state index in [-0.39, 0.29) is 11.8 Å².